The molecule has 0 radical (unpaired) electrons. The van der Waals surface area contributed by atoms with Gasteiger partial charge in [-0.25, -0.2) is 4.79 Å². The molecule has 4 bridgehead atoms. The Kier molecular flexibility index (Phi) is 10.1. The molecule has 7 aliphatic rings. The fourth-order valence-electron chi connectivity index (χ4n) is 11.3. The molecule has 3 N–H and O–H groups in total. The molecule has 332 valence electrons. The number of fused-ring (bicyclic) bond motifs is 9. The number of phenolic OH excluding ortho intramolecular Hbond substituents is 1. The average Bonchev–Trinajstić information content (AvgIpc) is 3.80. The first-order chi connectivity index (χ1) is 31.1. The van der Waals surface area contributed by atoms with E-state index in [9.17, 15) is 10.2 Å². The first-order valence-electron chi connectivity index (χ1n) is 21.8. The predicted octanol–water partition coefficient (Wildman–Crippen LogP) is 7.15. The quantitative estimate of drug-likeness (QED) is 0.143. The number of carbonyl (C=O) groups excluding carboxylic acids is 1. The summed E-state index contributed by atoms with van der Waals surface area (Å²) in [7, 11) is 5.27. The fourth-order valence-corrected chi connectivity index (χ4v) is 13.0. The second-order valence-corrected chi connectivity index (χ2v) is 18.6. The molecule has 2 saturated heterocycles. The normalized spacial score (nSPS) is 26.6. The van der Waals surface area contributed by atoms with Crippen molar-refractivity contribution in [1.29, 1.82) is 0 Å². The highest BCUT2D eigenvalue weighted by atomic mass is 32.2. The van der Waals surface area contributed by atoms with Gasteiger partial charge in [0.25, 0.3) is 0 Å². The number of aliphatic hydroxyl groups is 1. The number of nitrogens with zero attached hydrogens (tertiary/aromatic N) is 2. The van der Waals surface area contributed by atoms with E-state index in [1.54, 1.807) is 31.0 Å². The smallest absolute Gasteiger partial charge is 0.331 e. The molecule has 12 rings (SSSR count). The van der Waals surface area contributed by atoms with Gasteiger partial charge in [-0.2, -0.15) is 0 Å². The van der Waals surface area contributed by atoms with Crippen LogP contribution in [-0.4, -0.2) is 91.3 Å². The number of likely N-dealkylation sites (N-methyl/N-ethyl adjacent to an activating group) is 1. The number of methoxy groups -OCH3 is 2. The molecule has 14 heteroatoms. The molecule has 1 unspecified atom stereocenters. The van der Waals surface area contributed by atoms with Crippen molar-refractivity contribution in [3.63, 3.8) is 0 Å². The average molecular weight is 886 g/mol. The number of ether oxygens (including phenoxy) is 7. The van der Waals surface area contributed by atoms with Crippen molar-refractivity contribution in [2.75, 3.05) is 47.0 Å². The van der Waals surface area contributed by atoms with E-state index in [4.69, 9.17) is 33.2 Å². The highest BCUT2D eigenvalue weighted by Gasteiger charge is 2.61. The third kappa shape index (κ3) is 6.17. The molecule has 5 aromatic carbocycles. The lowest BCUT2D eigenvalue weighted by Gasteiger charge is -2.62. The Labute approximate surface area is 376 Å². The Morgan fingerprint density at radius 2 is 1.66 bits per heavy atom. The van der Waals surface area contributed by atoms with E-state index in [-0.39, 0.29) is 42.7 Å². The number of esters is 1. The zero-order chi connectivity index (χ0) is 44.0. The molecular weight excluding hydrogens is 835 g/mol. The van der Waals surface area contributed by atoms with Crippen molar-refractivity contribution in [3.05, 3.63) is 129 Å². The molecule has 13 nitrogen and oxygen atoms in total. The number of carbonyl (C=O) groups is 1. The molecule has 0 aliphatic carbocycles. The van der Waals surface area contributed by atoms with Gasteiger partial charge in [-0.15, -0.1) is 11.8 Å². The minimum atomic E-state index is -1.31. The van der Waals surface area contributed by atoms with Gasteiger partial charge in [0.15, 0.2) is 40.0 Å². The molecule has 1 spiro atoms. The van der Waals surface area contributed by atoms with Crippen LogP contribution >= 0.6 is 11.8 Å². The van der Waals surface area contributed by atoms with Gasteiger partial charge >= 0.3 is 5.97 Å². The summed E-state index contributed by atoms with van der Waals surface area (Å²) in [6.07, 6.45) is 0.151. The zero-order valence-electron chi connectivity index (χ0n) is 36.4. The van der Waals surface area contributed by atoms with Gasteiger partial charge in [0.2, 0.25) is 6.79 Å². The van der Waals surface area contributed by atoms with Crippen LogP contribution in [0, 0.1) is 13.8 Å². The molecule has 5 aromatic rings. The third-order valence-corrected chi connectivity index (χ3v) is 15.7. The maximum absolute atomic E-state index is 15.0. The molecule has 7 atom stereocenters. The van der Waals surface area contributed by atoms with Crippen LogP contribution in [-0.2, 0) is 34.5 Å². The van der Waals surface area contributed by atoms with Crippen LogP contribution in [0.15, 0.2) is 78.9 Å². The minimum Gasteiger partial charge on any atom is -0.504 e. The summed E-state index contributed by atoms with van der Waals surface area (Å²) in [6.45, 7) is 4.73. The van der Waals surface area contributed by atoms with Crippen molar-refractivity contribution in [1.82, 2.24) is 15.1 Å². The first kappa shape index (κ1) is 41.1. The molecular formula is C50H51N3O10S. The number of thioether (sulfide) groups is 1. The maximum Gasteiger partial charge on any atom is 0.331 e. The lowest BCUT2D eigenvalue weighted by atomic mass is 9.73. The van der Waals surface area contributed by atoms with Crippen LogP contribution in [0.25, 0.3) is 0 Å². The number of hydrogen-bond donors (Lipinski definition) is 3. The topological polar surface area (TPSA) is 141 Å². The Hall–Kier alpha value is -5.64. The number of rotatable bonds is 7. The standard InChI is InChI=1S/C50H51N3O10S/c1-26-18-30-19-33-48(55)53-34-23-60-49(56)50(32-21-36(57-4)35(54)20-29(32)16-17-51-50)24-64-47(41(53)40(52(33)3)37(30)46(42(26)58-5)63-31-14-10-7-11-15-31)39-38(34)45-44(61-25-62-45)27(2)43(39)59-22-28-12-8-6-9-13-28/h6-15,18,20-21,33-34,40-41,47-48,51,54-55H,16-17,19,22-25H2,1-5H3/t33-,34+,40+,41?,47-,48+,50-/m1/s1. The van der Waals surface area contributed by atoms with E-state index in [1.807, 2.05) is 74.5 Å². The number of para-hydroxylation sites is 1. The second kappa shape index (κ2) is 15.8. The summed E-state index contributed by atoms with van der Waals surface area (Å²) < 4.78 is 45.1. The molecule has 0 aromatic heterocycles. The maximum atomic E-state index is 15.0. The van der Waals surface area contributed by atoms with E-state index in [2.05, 4.69) is 28.2 Å². The van der Waals surface area contributed by atoms with Gasteiger partial charge in [0.05, 0.1) is 37.6 Å². The molecule has 0 saturated carbocycles. The Balaban J connectivity index is 1.16. The van der Waals surface area contributed by atoms with Gasteiger partial charge in [-0.05, 0) is 85.8 Å². The van der Waals surface area contributed by atoms with Crippen molar-refractivity contribution in [2.45, 2.75) is 74.5 Å². The number of nitrogens with one attached hydrogen (secondary N) is 1. The number of aryl methyl sites for hydroxylation is 1. The minimum absolute atomic E-state index is 0.0125. The lowest BCUT2D eigenvalue weighted by Crippen LogP contribution is -2.70. The second-order valence-electron chi connectivity index (χ2n) is 17.5. The Morgan fingerprint density at radius 1 is 0.891 bits per heavy atom. The van der Waals surface area contributed by atoms with Crippen LogP contribution in [0.2, 0.25) is 0 Å². The number of piperazine rings is 1. The van der Waals surface area contributed by atoms with Gasteiger partial charge < -0.3 is 43.4 Å². The lowest BCUT2D eigenvalue weighted by molar-refractivity contribution is -0.186. The number of hydrogen-bond acceptors (Lipinski definition) is 14. The number of aromatic hydroxyl groups is 1. The van der Waals surface area contributed by atoms with Crippen molar-refractivity contribution in [2.24, 2.45) is 0 Å². The van der Waals surface area contributed by atoms with E-state index in [1.165, 1.54) is 7.11 Å². The van der Waals surface area contributed by atoms with Crippen molar-refractivity contribution < 1.29 is 48.2 Å². The number of benzene rings is 5. The molecule has 7 heterocycles. The SMILES string of the molecule is COc1cc2c(cc1O)CCN[C@]21CS[C@@H]2c3c(OCc4ccccc4)c(C)c4c(c3[C@H](COC1=O)N1C2[C@@H]2c3c(cc(C)c(OC)c3Oc3ccccc3)C[C@H]([C@@H]1O)N2C)OCO4. The number of phenols is 1. The van der Waals surface area contributed by atoms with Crippen molar-refractivity contribution >= 4 is 17.7 Å². The summed E-state index contributed by atoms with van der Waals surface area (Å²) in [4.78, 5) is 19.5. The summed E-state index contributed by atoms with van der Waals surface area (Å²) >= 11 is 1.62. The van der Waals surface area contributed by atoms with E-state index in [0.717, 1.165) is 44.5 Å². The summed E-state index contributed by atoms with van der Waals surface area (Å²) in [5.74, 6) is 3.84. The molecule has 0 amide bonds. The van der Waals surface area contributed by atoms with E-state index < -0.39 is 35.1 Å². The van der Waals surface area contributed by atoms with Gasteiger partial charge in [-0.3, -0.25) is 15.1 Å². The van der Waals surface area contributed by atoms with Crippen LogP contribution in [0.3, 0.4) is 0 Å². The Bertz CT molecular complexity index is 2670. The Morgan fingerprint density at radius 3 is 2.42 bits per heavy atom. The van der Waals surface area contributed by atoms with E-state index >= 15 is 4.79 Å². The van der Waals surface area contributed by atoms with Crippen molar-refractivity contribution in [3.8, 4) is 46.0 Å². The van der Waals surface area contributed by atoms with Crippen LogP contribution < -0.4 is 33.7 Å². The predicted molar refractivity (Wildman–Crippen MR) is 239 cm³/mol. The first-order valence-corrected chi connectivity index (χ1v) is 22.9. The largest absolute Gasteiger partial charge is 0.504 e. The summed E-state index contributed by atoms with van der Waals surface area (Å²) in [5.41, 5.74) is 6.73. The summed E-state index contributed by atoms with van der Waals surface area (Å²) in [5, 5.41) is 27.1. The fraction of sp³-hybridized carbons (Fsp3) is 0.380. The molecule has 2 fully saturated rings. The van der Waals surface area contributed by atoms with E-state index in [0.29, 0.717) is 66.1 Å². The zero-order valence-corrected chi connectivity index (χ0v) is 37.2. The highest BCUT2D eigenvalue weighted by Crippen LogP contribution is 2.65. The van der Waals surface area contributed by atoms with Crippen LogP contribution in [0.4, 0.5) is 0 Å². The molecule has 7 aliphatic heterocycles. The van der Waals surface area contributed by atoms with Crippen LogP contribution in [0.1, 0.15) is 67.4 Å². The van der Waals surface area contributed by atoms with Gasteiger partial charge in [0, 0.05) is 40.6 Å². The third-order valence-electron chi connectivity index (χ3n) is 14.2. The highest BCUT2D eigenvalue weighted by molar-refractivity contribution is 7.99. The monoisotopic (exact) mass is 885 g/mol. The number of aliphatic hydroxyl groups excluding tert-OH is 1. The van der Waals surface area contributed by atoms with Gasteiger partial charge in [-0.1, -0.05) is 54.6 Å². The molecule has 64 heavy (non-hydrogen) atoms. The van der Waals surface area contributed by atoms with Crippen LogP contribution in [0.5, 0.6) is 46.0 Å². The summed E-state index contributed by atoms with van der Waals surface area (Å²) in [6, 6.07) is 23.6. The van der Waals surface area contributed by atoms with Gasteiger partial charge in [0.1, 0.15) is 30.9 Å².